The van der Waals surface area contributed by atoms with Crippen molar-refractivity contribution in [3.05, 3.63) is 47.5 Å². The second-order valence-corrected chi connectivity index (χ2v) is 16.9. The first-order valence-corrected chi connectivity index (χ1v) is 19.5. The number of aliphatic hydroxyl groups is 1. The maximum atomic E-state index is 17.4. The molecule has 2 aliphatic heterocycles. The average molecular weight is 739 g/mol. The number of pyridine rings is 2. The van der Waals surface area contributed by atoms with Gasteiger partial charge in [0.2, 0.25) is 11.8 Å². The van der Waals surface area contributed by atoms with Crippen LogP contribution in [0.25, 0.3) is 32.9 Å². The predicted octanol–water partition coefficient (Wildman–Crippen LogP) is 7.36. The quantitative estimate of drug-likeness (QED) is 0.189. The first-order valence-electron chi connectivity index (χ1n) is 19.5. The zero-order chi connectivity index (χ0) is 37.4. The molecule has 5 fully saturated rings. The lowest BCUT2D eigenvalue weighted by molar-refractivity contribution is -0.106. The monoisotopic (exact) mass is 738 g/mol. The Labute approximate surface area is 314 Å². The maximum absolute atomic E-state index is 17.4. The van der Waals surface area contributed by atoms with E-state index in [0.29, 0.717) is 53.7 Å². The van der Waals surface area contributed by atoms with Crippen LogP contribution in [0.15, 0.2) is 30.3 Å². The number of nitrogens with zero attached hydrogens (tertiary/aromatic N) is 4. The fourth-order valence-corrected chi connectivity index (χ4v) is 10.7. The molecule has 2 N–H and O–H groups in total. The number of anilines is 1. The van der Waals surface area contributed by atoms with Gasteiger partial charge in [-0.1, -0.05) is 24.8 Å². The number of hydrogen-bond donors (Lipinski definition) is 2. The highest BCUT2D eigenvalue weighted by molar-refractivity contribution is 6.04. The summed E-state index contributed by atoms with van der Waals surface area (Å²) in [5.41, 5.74) is -0.298. The van der Waals surface area contributed by atoms with Crippen LogP contribution in [0.2, 0.25) is 0 Å². The zero-order valence-electron chi connectivity index (χ0n) is 31.1. The number of methoxy groups -OCH3 is 1. The number of terminal acetylenes is 1. The number of phenols is 1. The van der Waals surface area contributed by atoms with E-state index in [-0.39, 0.29) is 63.8 Å². The molecule has 9 nitrogen and oxygen atoms in total. The maximum Gasteiger partial charge on any atom is 0.225 e. The largest absolute Gasteiger partial charge is 0.508 e. The molecule has 5 aliphatic rings. The Kier molecular flexibility index (Phi) is 8.67. The number of ether oxygens (including phenoxy) is 3. The number of rotatable bonds is 7. The standard InChI is InChI=1S/C43H48F2N4O5/c1-4-29-31(44)10-9-26-18-28(50)19-30(35(26)29)38-37(45)39-36(40(47-38)52-3)32(48-16-17-53-24-41(2,51)23-48)20-34(46-39)54-25-43-13-5-8-33(43)49(15-7-14-43)27-21-42(22-27)11-6-12-42/h1,9-10,18-20,27,33,50-51H,5-8,11-17,21-25H2,2-3H3. The molecule has 3 atom stereocenters. The second kappa shape index (κ2) is 13.2. The molecule has 0 bridgehead atoms. The topological polar surface area (TPSA) is 100 Å². The molecule has 11 heteroatoms. The van der Waals surface area contributed by atoms with Crippen LogP contribution < -0.4 is 14.4 Å². The van der Waals surface area contributed by atoms with Crippen LogP contribution in [0.3, 0.4) is 0 Å². The van der Waals surface area contributed by atoms with E-state index in [1.54, 1.807) is 13.0 Å². The molecule has 1 spiro atoms. The van der Waals surface area contributed by atoms with Gasteiger partial charge in [0, 0.05) is 47.6 Å². The van der Waals surface area contributed by atoms with E-state index in [2.05, 4.69) is 15.8 Å². The predicted molar refractivity (Wildman–Crippen MR) is 203 cm³/mol. The summed E-state index contributed by atoms with van der Waals surface area (Å²) in [5, 5.41) is 22.9. The van der Waals surface area contributed by atoms with E-state index < -0.39 is 17.2 Å². The van der Waals surface area contributed by atoms with E-state index in [4.69, 9.17) is 25.6 Å². The van der Waals surface area contributed by atoms with Gasteiger partial charge in [0.15, 0.2) is 5.82 Å². The van der Waals surface area contributed by atoms with E-state index in [1.165, 1.54) is 63.5 Å². The highest BCUT2D eigenvalue weighted by Crippen LogP contribution is 2.60. The van der Waals surface area contributed by atoms with Crippen molar-refractivity contribution in [3.8, 4) is 41.1 Å². The van der Waals surface area contributed by atoms with E-state index in [1.807, 2.05) is 4.90 Å². The van der Waals surface area contributed by atoms with Crippen molar-refractivity contribution < 1.29 is 33.2 Å². The van der Waals surface area contributed by atoms with Crippen LogP contribution in [0.1, 0.15) is 76.7 Å². The van der Waals surface area contributed by atoms with Gasteiger partial charge in [-0.05, 0) is 93.8 Å². The molecule has 2 aromatic carbocycles. The van der Waals surface area contributed by atoms with Gasteiger partial charge in [0.1, 0.15) is 28.4 Å². The van der Waals surface area contributed by atoms with Gasteiger partial charge in [-0.25, -0.2) is 18.7 Å². The Morgan fingerprint density at radius 2 is 1.85 bits per heavy atom. The third kappa shape index (κ3) is 5.84. The van der Waals surface area contributed by atoms with Crippen LogP contribution in [0.5, 0.6) is 17.5 Å². The SMILES string of the molecule is C#Cc1c(F)ccc2cc(O)cc(-c3nc(OC)c4c(N5CCOCC(C)(O)C5)cc(OCC56CCCC5N(C5CC7(CCC7)C5)CCC6)nc4c3F)c12. The molecule has 0 amide bonds. The number of phenolic OH excluding ortho intramolecular Hbond substituents is 1. The van der Waals surface area contributed by atoms with E-state index in [0.717, 1.165) is 38.6 Å². The normalized spacial score (nSPS) is 27.0. The number of fused-ring (bicyclic) bond motifs is 3. The summed E-state index contributed by atoms with van der Waals surface area (Å²) in [7, 11) is 1.44. The van der Waals surface area contributed by atoms with Crippen LogP contribution in [-0.4, -0.2) is 89.3 Å². The molecule has 284 valence electrons. The number of hydrogen-bond acceptors (Lipinski definition) is 9. The van der Waals surface area contributed by atoms with Crippen LogP contribution in [0, 0.1) is 34.8 Å². The van der Waals surface area contributed by atoms with Gasteiger partial charge < -0.3 is 29.3 Å². The van der Waals surface area contributed by atoms with E-state index >= 15 is 8.78 Å². The average Bonchev–Trinajstić information content (AvgIpc) is 3.47. The Morgan fingerprint density at radius 3 is 2.61 bits per heavy atom. The number of likely N-dealkylation sites (tertiary alicyclic amines) is 1. The Balaban J connectivity index is 1.16. The minimum atomic E-state index is -1.19. The lowest BCUT2D eigenvalue weighted by Crippen LogP contribution is -2.61. The van der Waals surface area contributed by atoms with Crippen LogP contribution in [-0.2, 0) is 4.74 Å². The number of piperidine rings is 1. The molecule has 9 rings (SSSR count). The number of β-amino-alcohol motifs (C(OH)–C–C–N with tert-alkyl or cyclic N) is 1. The molecular formula is C43H48F2N4O5. The number of benzene rings is 2. The van der Waals surface area contributed by atoms with Crippen molar-refractivity contribution in [3.63, 3.8) is 0 Å². The summed E-state index contributed by atoms with van der Waals surface area (Å²) >= 11 is 0. The first kappa shape index (κ1) is 35.5. The zero-order valence-corrected chi connectivity index (χ0v) is 31.1. The highest BCUT2D eigenvalue weighted by atomic mass is 19.1. The summed E-state index contributed by atoms with van der Waals surface area (Å²) in [4.78, 5) is 14.2. The minimum Gasteiger partial charge on any atom is -0.508 e. The van der Waals surface area contributed by atoms with Gasteiger partial charge in [-0.3, -0.25) is 4.90 Å². The lowest BCUT2D eigenvalue weighted by Gasteiger charge is -2.60. The van der Waals surface area contributed by atoms with Gasteiger partial charge >= 0.3 is 0 Å². The van der Waals surface area contributed by atoms with Crippen molar-refractivity contribution in [1.29, 1.82) is 0 Å². The smallest absolute Gasteiger partial charge is 0.225 e. The van der Waals surface area contributed by atoms with E-state index in [9.17, 15) is 10.2 Å². The number of aromatic nitrogens is 2. The Hall–Kier alpha value is -4.24. The fraction of sp³-hybridized carbons (Fsp3) is 0.535. The minimum absolute atomic E-state index is 0.0205. The lowest BCUT2D eigenvalue weighted by atomic mass is 9.53. The molecular weight excluding hydrogens is 690 g/mol. The molecule has 4 heterocycles. The molecule has 4 aromatic rings. The molecule has 0 radical (unpaired) electrons. The number of aromatic hydroxyl groups is 1. The molecule has 2 saturated heterocycles. The molecule has 54 heavy (non-hydrogen) atoms. The van der Waals surface area contributed by atoms with Crippen LogP contribution in [0.4, 0.5) is 14.5 Å². The fourth-order valence-electron chi connectivity index (χ4n) is 10.7. The molecule has 3 unspecified atom stereocenters. The third-order valence-electron chi connectivity index (χ3n) is 13.3. The number of halogens is 2. The summed E-state index contributed by atoms with van der Waals surface area (Å²) in [5.74, 6) is 1.11. The summed E-state index contributed by atoms with van der Waals surface area (Å²) in [6.45, 7) is 4.40. The summed E-state index contributed by atoms with van der Waals surface area (Å²) < 4.78 is 50.8. The first-order chi connectivity index (χ1) is 26.0. The van der Waals surface area contributed by atoms with Crippen molar-refractivity contribution in [2.45, 2.75) is 88.8 Å². The van der Waals surface area contributed by atoms with Crippen molar-refractivity contribution in [2.24, 2.45) is 10.8 Å². The van der Waals surface area contributed by atoms with Crippen LogP contribution >= 0.6 is 0 Å². The summed E-state index contributed by atoms with van der Waals surface area (Å²) in [6, 6.07) is 8.38. The van der Waals surface area contributed by atoms with Gasteiger partial charge in [0.05, 0.1) is 43.6 Å². The van der Waals surface area contributed by atoms with Gasteiger partial charge in [-0.15, -0.1) is 6.42 Å². The Morgan fingerprint density at radius 1 is 1.04 bits per heavy atom. The van der Waals surface area contributed by atoms with Crippen molar-refractivity contribution in [2.75, 3.05) is 51.5 Å². The van der Waals surface area contributed by atoms with Gasteiger partial charge in [-0.2, -0.15) is 0 Å². The second-order valence-electron chi connectivity index (χ2n) is 16.9. The van der Waals surface area contributed by atoms with Crippen molar-refractivity contribution in [1.82, 2.24) is 14.9 Å². The third-order valence-corrected chi connectivity index (χ3v) is 13.3. The molecule has 2 aromatic heterocycles. The van der Waals surface area contributed by atoms with Crippen molar-refractivity contribution >= 4 is 27.4 Å². The summed E-state index contributed by atoms with van der Waals surface area (Å²) in [6.07, 6.45) is 18.1. The molecule has 3 saturated carbocycles. The Bertz CT molecular complexity index is 2180. The molecule has 3 aliphatic carbocycles. The highest BCUT2D eigenvalue weighted by Gasteiger charge is 2.56. The van der Waals surface area contributed by atoms with Gasteiger partial charge in [0.25, 0.3) is 0 Å².